The number of halogens is 1. The van der Waals surface area contributed by atoms with Crippen molar-refractivity contribution in [3.05, 3.63) is 21.9 Å². The fraction of sp³-hybridized carbons (Fsp3) is 0.545. The Bertz CT molecular complexity index is 344. The van der Waals surface area contributed by atoms with Crippen molar-refractivity contribution in [3.8, 4) is 0 Å². The predicted octanol–water partition coefficient (Wildman–Crippen LogP) is 3.19. The van der Waals surface area contributed by atoms with E-state index in [9.17, 15) is 4.79 Å². The number of hydrogen-bond acceptors (Lipinski definition) is 2. The van der Waals surface area contributed by atoms with Crippen LogP contribution in [0.5, 0.6) is 0 Å². The second kappa shape index (κ2) is 4.99. The normalized spacial score (nSPS) is 14.7. The van der Waals surface area contributed by atoms with Crippen LogP contribution in [0.1, 0.15) is 34.8 Å². The Labute approximate surface area is 99.6 Å². The van der Waals surface area contributed by atoms with Crippen molar-refractivity contribution >= 4 is 28.8 Å². The molecule has 0 bridgehead atoms. The number of aryl methyl sites for hydroxylation is 1. The molecule has 1 atom stereocenters. The van der Waals surface area contributed by atoms with Crippen molar-refractivity contribution in [2.45, 2.75) is 32.7 Å². The molecule has 1 heterocycles. The lowest BCUT2D eigenvalue weighted by atomic mass is 10.0. The topological polar surface area (TPSA) is 29.1 Å². The largest absolute Gasteiger partial charge is 0.345 e. The van der Waals surface area contributed by atoms with Crippen LogP contribution in [-0.2, 0) is 0 Å². The third-order valence-corrected chi connectivity index (χ3v) is 4.04. The van der Waals surface area contributed by atoms with Crippen LogP contribution in [-0.4, -0.2) is 17.3 Å². The second-order valence-corrected chi connectivity index (χ2v) is 5.47. The average Bonchev–Trinajstić information content (AvgIpc) is 2.65. The summed E-state index contributed by atoms with van der Waals surface area (Å²) in [6, 6.07) is 3.79. The summed E-state index contributed by atoms with van der Waals surface area (Å²) in [6.45, 7) is 5.96. The van der Waals surface area contributed by atoms with E-state index in [2.05, 4.69) is 5.32 Å². The Morgan fingerprint density at radius 3 is 2.67 bits per heavy atom. The fourth-order valence-electron chi connectivity index (χ4n) is 1.11. The van der Waals surface area contributed by atoms with Crippen molar-refractivity contribution in [2.75, 3.05) is 5.88 Å². The van der Waals surface area contributed by atoms with E-state index in [-0.39, 0.29) is 11.4 Å². The van der Waals surface area contributed by atoms with Gasteiger partial charge in [-0.15, -0.1) is 22.9 Å². The molecular formula is C11H16ClNOS. The van der Waals surface area contributed by atoms with Crippen LogP contribution in [0.25, 0.3) is 0 Å². The van der Waals surface area contributed by atoms with Crippen molar-refractivity contribution in [3.63, 3.8) is 0 Å². The molecule has 0 spiro atoms. The first kappa shape index (κ1) is 12.5. The standard InChI is InChI=1S/C11H16ClNOS/c1-4-11(3,7-12)13-10(14)9-6-5-8(2)15-9/h5-6H,4,7H2,1-3H3,(H,13,14). The number of nitrogens with one attached hydrogen (secondary N) is 1. The molecule has 0 fully saturated rings. The third-order valence-electron chi connectivity index (χ3n) is 2.45. The van der Waals surface area contributed by atoms with Crippen LogP contribution in [0.3, 0.4) is 0 Å². The van der Waals surface area contributed by atoms with Gasteiger partial charge in [0.25, 0.3) is 5.91 Å². The number of thiophene rings is 1. The first-order chi connectivity index (χ1) is 7.00. The quantitative estimate of drug-likeness (QED) is 0.811. The lowest BCUT2D eigenvalue weighted by Gasteiger charge is -2.26. The highest BCUT2D eigenvalue weighted by Gasteiger charge is 2.24. The Hall–Kier alpha value is -0.540. The van der Waals surface area contributed by atoms with Crippen LogP contribution < -0.4 is 5.32 Å². The Morgan fingerprint density at radius 2 is 2.27 bits per heavy atom. The van der Waals surface area contributed by atoms with Crippen molar-refractivity contribution in [2.24, 2.45) is 0 Å². The van der Waals surface area contributed by atoms with Gasteiger partial charge in [0, 0.05) is 10.8 Å². The molecule has 1 rings (SSSR count). The number of hydrogen-bond donors (Lipinski definition) is 1. The zero-order chi connectivity index (χ0) is 11.5. The van der Waals surface area contributed by atoms with E-state index >= 15 is 0 Å². The van der Waals surface area contributed by atoms with E-state index in [1.54, 1.807) is 0 Å². The highest BCUT2D eigenvalue weighted by Crippen LogP contribution is 2.17. The Balaban J connectivity index is 2.71. The van der Waals surface area contributed by atoms with Crippen LogP contribution in [0, 0.1) is 6.92 Å². The molecule has 1 aromatic heterocycles. The molecule has 4 heteroatoms. The molecule has 1 aromatic rings. The van der Waals surface area contributed by atoms with Gasteiger partial charge < -0.3 is 5.32 Å². The molecular weight excluding hydrogens is 230 g/mol. The van der Waals surface area contributed by atoms with Gasteiger partial charge in [-0.2, -0.15) is 0 Å². The van der Waals surface area contributed by atoms with E-state index in [1.165, 1.54) is 11.3 Å². The maximum Gasteiger partial charge on any atom is 0.261 e. The van der Waals surface area contributed by atoms with E-state index in [4.69, 9.17) is 11.6 Å². The van der Waals surface area contributed by atoms with Crippen molar-refractivity contribution in [1.82, 2.24) is 5.32 Å². The third kappa shape index (κ3) is 3.21. The minimum atomic E-state index is -0.309. The van der Waals surface area contributed by atoms with Gasteiger partial charge in [0.15, 0.2) is 0 Å². The molecule has 1 N–H and O–H groups in total. The smallest absolute Gasteiger partial charge is 0.261 e. The summed E-state index contributed by atoms with van der Waals surface area (Å²) in [4.78, 5) is 13.7. The number of alkyl halides is 1. The number of rotatable bonds is 4. The Kier molecular flexibility index (Phi) is 4.17. The van der Waals surface area contributed by atoms with E-state index in [1.807, 2.05) is 32.9 Å². The molecule has 2 nitrogen and oxygen atoms in total. The molecule has 0 saturated heterocycles. The van der Waals surface area contributed by atoms with Gasteiger partial charge in [-0.25, -0.2) is 0 Å². The predicted molar refractivity (Wildman–Crippen MR) is 65.9 cm³/mol. The number of carbonyl (C=O) groups excluding carboxylic acids is 1. The highest BCUT2D eigenvalue weighted by molar-refractivity contribution is 7.13. The molecule has 15 heavy (non-hydrogen) atoms. The van der Waals surface area contributed by atoms with E-state index in [0.29, 0.717) is 5.88 Å². The maximum absolute atomic E-state index is 11.8. The summed E-state index contributed by atoms with van der Waals surface area (Å²) >= 11 is 7.34. The van der Waals surface area contributed by atoms with Crippen molar-refractivity contribution < 1.29 is 4.79 Å². The molecule has 0 aliphatic carbocycles. The first-order valence-electron chi connectivity index (χ1n) is 4.95. The van der Waals surface area contributed by atoms with Gasteiger partial charge >= 0.3 is 0 Å². The lowest BCUT2D eigenvalue weighted by molar-refractivity contribution is 0.0916. The monoisotopic (exact) mass is 245 g/mol. The van der Waals surface area contributed by atoms with Crippen LogP contribution in [0.4, 0.5) is 0 Å². The second-order valence-electron chi connectivity index (χ2n) is 3.91. The first-order valence-corrected chi connectivity index (χ1v) is 6.31. The molecule has 0 aromatic carbocycles. The van der Waals surface area contributed by atoms with Gasteiger partial charge in [0.1, 0.15) is 0 Å². The van der Waals surface area contributed by atoms with Gasteiger partial charge in [-0.3, -0.25) is 4.79 Å². The molecule has 0 aliphatic rings. The minimum Gasteiger partial charge on any atom is -0.345 e. The van der Waals surface area contributed by atoms with Crippen molar-refractivity contribution in [1.29, 1.82) is 0 Å². The van der Waals surface area contributed by atoms with Crippen LogP contribution >= 0.6 is 22.9 Å². The molecule has 84 valence electrons. The van der Waals surface area contributed by atoms with E-state index in [0.717, 1.165) is 16.2 Å². The molecule has 1 unspecified atom stereocenters. The zero-order valence-electron chi connectivity index (χ0n) is 9.26. The lowest BCUT2D eigenvalue weighted by Crippen LogP contribution is -2.46. The highest BCUT2D eigenvalue weighted by atomic mass is 35.5. The molecule has 0 aliphatic heterocycles. The van der Waals surface area contributed by atoms with Crippen LogP contribution in [0.2, 0.25) is 0 Å². The maximum atomic E-state index is 11.8. The fourth-order valence-corrected chi connectivity index (χ4v) is 2.13. The zero-order valence-corrected chi connectivity index (χ0v) is 10.8. The summed E-state index contributed by atoms with van der Waals surface area (Å²) in [6.07, 6.45) is 0.826. The summed E-state index contributed by atoms with van der Waals surface area (Å²) in [7, 11) is 0. The average molecular weight is 246 g/mol. The number of carbonyl (C=O) groups is 1. The van der Waals surface area contributed by atoms with Gasteiger partial charge in [0.2, 0.25) is 0 Å². The SMILES string of the molecule is CCC(C)(CCl)NC(=O)c1ccc(C)s1. The summed E-state index contributed by atoms with van der Waals surface area (Å²) in [5, 5.41) is 2.96. The van der Waals surface area contributed by atoms with Crippen LogP contribution in [0.15, 0.2) is 12.1 Å². The molecule has 0 saturated carbocycles. The Morgan fingerprint density at radius 1 is 1.60 bits per heavy atom. The summed E-state index contributed by atoms with van der Waals surface area (Å²) < 4.78 is 0. The van der Waals surface area contributed by atoms with Gasteiger partial charge in [0.05, 0.1) is 10.4 Å². The van der Waals surface area contributed by atoms with Gasteiger partial charge in [-0.1, -0.05) is 6.92 Å². The summed E-state index contributed by atoms with van der Waals surface area (Å²) in [5.41, 5.74) is -0.309. The van der Waals surface area contributed by atoms with Gasteiger partial charge in [-0.05, 0) is 32.4 Å². The number of amides is 1. The summed E-state index contributed by atoms with van der Waals surface area (Å²) in [5.74, 6) is 0.401. The molecule has 1 amide bonds. The minimum absolute atomic E-state index is 0.0295. The molecule has 0 radical (unpaired) electrons. The van der Waals surface area contributed by atoms with E-state index < -0.39 is 0 Å².